The Hall–Kier alpha value is -1.15. The number of benzene rings is 1. The maximum absolute atomic E-state index is 10.7. The fraction of sp³-hybridized carbons (Fsp3) is 0.364. The van der Waals surface area contributed by atoms with Crippen LogP contribution in [0.3, 0.4) is 0 Å². The fourth-order valence-corrected chi connectivity index (χ4v) is 1.16. The average Bonchev–Trinajstić information content (AvgIpc) is 2.15. The molecule has 0 saturated heterocycles. The summed E-state index contributed by atoms with van der Waals surface area (Å²) in [5.41, 5.74) is 1.21. The van der Waals surface area contributed by atoms with E-state index >= 15 is 0 Å². The van der Waals surface area contributed by atoms with Gasteiger partial charge in [-0.15, -0.1) is 0 Å². The Morgan fingerprint density at radius 2 is 2.00 bits per heavy atom. The lowest BCUT2D eigenvalue weighted by atomic mass is 10.1. The van der Waals surface area contributed by atoms with E-state index in [0.29, 0.717) is 6.54 Å². The molecule has 2 nitrogen and oxygen atoms in total. The highest BCUT2D eigenvalue weighted by molar-refractivity contribution is 5.77. The van der Waals surface area contributed by atoms with Gasteiger partial charge >= 0.3 is 0 Å². The molecule has 0 aromatic heterocycles. The Bertz CT molecular complexity index is 269. The van der Waals surface area contributed by atoms with E-state index in [-0.39, 0.29) is 11.8 Å². The molecule has 0 aliphatic heterocycles. The van der Waals surface area contributed by atoms with Crippen LogP contribution in [0.25, 0.3) is 0 Å². The number of hydrogen-bond acceptors (Lipinski definition) is 2. The molecule has 0 spiro atoms. The minimum absolute atomic E-state index is 0.169. The first-order chi connectivity index (χ1) is 6.20. The lowest BCUT2D eigenvalue weighted by molar-refractivity contribution is -0.116. The standard InChI is InChI=1S/C11H15NO/c1-9(13)8-12-10(2)11-6-4-3-5-7-11/h3-7,10,12H,8H2,1-2H3. The van der Waals surface area contributed by atoms with Crippen LogP contribution in [0.4, 0.5) is 0 Å². The van der Waals surface area contributed by atoms with E-state index in [1.807, 2.05) is 18.2 Å². The number of hydrogen-bond donors (Lipinski definition) is 1. The van der Waals surface area contributed by atoms with Crippen LogP contribution < -0.4 is 5.32 Å². The summed E-state index contributed by atoms with van der Waals surface area (Å²) in [5, 5.41) is 3.15. The summed E-state index contributed by atoms with van der Waals surface area (Å²) in [4.78, 5) is 10.7. The van der Waals surface area contributed by atoms with Gasteiger partial charge in [0.15, 0.2) is 0 Å². The minimum atomic E-state index is 0.169. The van der Waals surface area contributed by atoms with Gasteiger partial charge in [0.05, 0.1) is 6.54 Å². The van der Waals surface area contributed by atoms with Gasteiger partial charge in [-0.1, -0.05) is 30.3 Å². The third-order valence-electron chi connectivity index (χ3n) is 1.96. The van der Waals surface area contributed by atoms with Crippen molar-refractivity contribution in [3.63, 3.8) is 0 Å². The van der Waals surface area contributed by atoms with Gasteiger partial charge in [-0.05, 0) is 19.4 Å². The van der Waals surface area contributed by atoms with E-state index in [9.17, 15) is 4.79 Å². The second kappa shape index (κ2) is 4.77. The lowest BCUT2D eigenvalue weighted by Gasteiger charge is -2.12. The Labute approximate surface area is 79.0 Å². The summed E-state index contributed by atoms with van der Waals surface area (Å²) in [6, 6.07) is 10.3. The molecule has 1 N–H and O–H groups in total. The predicted octanol–water partition coefficient (Wildman–Crippen LogP) is 1.93. The van der Waals surface area contributed by atoms with Crippen molar-refractivity contribution in [1.82, 2.24) is 5.32 Å². The third-order valence-corrected chi connectivity index (χ3v) is 1.96. The number of carbonyl (C=O) groups excluding carboxylic acids is 1. The van der Waals surface area contributed by atoms with Crippen molar-refractivity contribution in [3.05, 3.63) is 35.9 Å². The maximum Gasteiger partial charge on any atom is 0.143 e. The van der Waals surface area contributed by atoms with E-state index in [1.54, 1.807) is 6.92 Å². The molecule has 13 heavy (non-hydrogen) atoms. The summed E-state index contributed by atoms with van der Waals surface area (Å²) in [6.45, 7) is 4.08. The number of nitrogens with one attached hydrogen (secondary N) is 1. The Balaban J connectivity index is 2.49. The van der Waals surface area contributed by atoms with Gasteiger partial charge in [-0.25, -0.2) is 0 Å². The number of rotatable bonds is 4. The molecule has 0 aliphatic carbocycles. The second-order valence-corrected chi connectivity index (χ2v) is 3.22. The summed E-state index contributed by atoms with van der Waals surface area (Å²) in [5.74, 6) is 0.169. The van der Waals surface area contributed by atoms with Crippen molar-refractivity contribution in [1.29, 1.82) is 0 Å². The zero-order chi connectivity index (χ0) is 9.68. The van der Waals surface area contributed by atoms with Gasteiger partial charge < -0.3 is 5.32 Å². The first-order valence-electron chi connectivity index (χ1n) is 4.48. The smallest absolute Gasteiger partial charge is 0.143 e. The predicted molar refractivity (Wildman–Crippen MR) is 53.5 cm³/mol. The van der Waals surface area contributed by atoms with E-state index in [1.165, 1.54) is 5.56 Å². The van der Waals surface area contributed by atoms with Crippen molar-refractivity contribution in [2.24, 2.45) is 0 Å². The van der Waals surface area contributed by atoms with Crippen LogP contribution in [0, 0.1) is 0 Å². The van der Waals surface area contributed by atoms with E-state index < -0.39 is 0 Å². The van der Waals surface area contributed by atoms with Crippen LogP contribution in [-0.4, -0.2) is 12.3 Å². The van der Waals surface area contributed by atoms with Crippen molar-refractivity contribution >= 4 is 5.78 Å². The second-order valence-electron chi connectivity index (χ2n) is 3.22. The SMILES string of the molecule is CC(=O)CNC(C)c1ccccc1. The largest absolute Gasteiger partial charge is 0.303 e. The van der Waals surface area contributed by atoms with Crippen LogP contribution in [0.1, 0.15) is 25.5 Å². The molecule has 0 fully saturated rings. The zero-order valence-corrected chi connectivity index (χ0v) is 8.08. The normalized spacial score (nSPS) is 12.5. The van der Waals surface area contributed by atoms with Gasteiger partial charge in [0.25, 0.3) is 0 Å². The molecule has 1 aromatic rings. The first kappa shape index (κ1) is 9.93. The maximum atomic E-state index is 10.7. The average molecular weight is 177 g/mol. The molecule has 70 valence electrons. The van der Waals surface area contributed by atoms with Crippen molar-refractivity contribution in [2.75, 3.05) is 6.54 Å². The van der Waals surface area contributed by atoms with Gasteiger partial charge in [-0.3, -0.25) is 4.79 Å². The fourth-order valence-electron chi connectivity index (χ4n) is 1.16. The Morgan fingerprint density at radius 3 is 2.54 bits per heavy atom. The monoisotopic (exact) mass is 177 g/mol. The Kier molecular flexibility index (Phi) is 3.65. The molecule has 0 heterocycles. The van der Waals surface area contributed by atoms with Crippen LogP contribution in [0.15, 0.2) is 30.3 Å². The molecule has 1 rings (SSSR count). The van der Waals surface area contributed by atoms with Gasteiger partial charge in [-0.2, -0.15) is 0 Å². The highest BCUT2D eigenvalue weighted by Crippen LogP contribution is 2.10. The molecule has 0 bridgehead atoms. The highest BCUT2D eigenvalue weighted by Gasteiger charge is 2.03. The molecule has 2 heteroatoms. The van der Waals surface area contributed by atoms with Gasteiger partial charge in [0, 0.05) is 6.04 Å². The number of ketones is 1. The topological polar surface area (TPSA) is 29.1 Å². The summed E-state index contributed by atoms with van der Waals surface area (Å²) in [6.07, 6.45) is 0. The minimum Gasteiger partial charge on any atom is -0.303 e. The highest BCUT2D eigenvalue weighted by atomic mass is 16.1. The van der Waals surface area contributed by atoms with Crippen molar-refractivity contribution < 1.29 is 4.79 Å². The quantitative estimate of drug-likeness (QED) is 0.761. The van der Waals surface area contributed by atoms with E-state index in [0.717, 1.165) is 0 Å². The molecule has 1 aromatic carbocycles. The first-order valence-corrected chi connectivity index (χ1v) is 4.48. The summed E-state index contributed by atoms with van der Waals surface area (Å²) in [7, 11) is 0. The number of Topliss-reactive ketones (excluding diaryl/α,β-unsaturated/α-hetero) is 1. The molecule has 1 unspecified atom stereocenters. The lowest BCUT2D eigenvalue weighted by Crippen LogP contribution is -2.24. The molecular formula is C11H15NO. The molecule has 0 saturated carbocycles. The molecule has 0 radical (unpaired) electrons. The van der Waals surface area contributed by atoms with Crippen LogP contribution >= 0.6 is 0 Å². The van der Waals surface area contributed by atoms with Gasteiger partial charge in [0.1, 0.15) is 5.78 Å². The molecule has 1 atom stereocenters. The Morgan fingerprint density at radius 1 is 1.38 bits per heavy atom. The van der Waals surface area contributed by atoms with Crippen LogP contribution in [-0.2, 0) is 4.79 Å². The molecular weight excluding hydrogens is 162 g/mol. The summed E-state index contributed by atoms with van der Waals surface area (Å²) < 4.78 is 0. The van der Waals surface area contributed by atoms with Crippen LogP contribution in [0.5, 0.6) is 0 Å². The summed E-state index contributed by atoms with van der Waals surface area (Å²) >= 11 is 0. The molecule has 0 amide bonds. The van der Waals surface area contributed by atoms with Gasteiger partial charge in [0.2, 0.25) is 0 Å². The van der Waals surface area contributed by atoms with Crippen molar-refractivity contribution in [2.45, 2.75) is 19.9 Å². The number of carbonyl (C=O) groups is 1. The van der Waals surface area contributed by atoms with E-state index in [2.05, 4.69) is 24.4 Å². The molecule has 0 aliphatic rings. The third kappa shape index (κ3) is 3.38. The van der Waals surface area contributed by atoms with Crippen LogP contribution in [0.2, 0.25) is 0 Å². The zero-order valence-electron chi connectivity index (χ0n) is 8.08. The van der Waals surface area contributed by atoms with E-state index in [4.69, 9.17) is 0 Å². The van der Waals surface area contributed by atoms with Crippen molar-refractivity contribution in [3.8, 4) is 0 Å².